The third-order valence-corrected chi connectivity index (χ3v) is 9.82. The fraction of sp³-hybridized carbons (Fsp3) is 0.688. The van der Waals surface area contributed by atoms with E-state index in [1.54, 1.807) is 26.8 Å². The summed E-state index contributed by atoms with van der Waals surface area (Å²) in [6.45, 7) is 9.37. The largest absolute Gasteiger partial charge is 0.457 e. The van der Waals surface area contributed by atoms with Crippen LogP contribution in [0, 0.1) is 22.7 Å². The summed E-state index contributed by atoms with van der Waals surface area (Å²) in [5.74, 6) is -3.34. The second-order valence-electron chi connectivity index (χ2n) is 13.4. The van der Waals surface area contributed by atoms with Gasteiger partial charge in [-0.25, -0.2) is 9.18 Å². The molecule has 1 aliphatic heterocycles. The molecule has 0 aromatic heterocycles. The summed E-state index contributed by atoms with van der Waals surface area (Å²) >= 11 is 0. The van der Waals surface area contributed by atoms with Crippen molar-refractivity contribution >= 4 is 23.5 Å². The molecule has 0 aromatic rings. The number of aliphatic hydroxyl groups excluding tert-OH is 1. The first-order chi connectivity index (χ1) is 20.1. The summed E-state index contributed by atoms with van der Waals surface area (Å²) in [4.78, 5) is 50.7. The van der Waals surface area contributed by atoms with Gasteiger partial charge in [-0.1, -0.05) is 31.2 Å². The van der Waals surface area contributed by atoms with Gasteiger partial charge in [0.25, 0.3) is 0 Å². The van der Waals surface area contributed by atoms with Crippen LogP contribution in [-0.2, 0) is 38.1 Å². The van der Waals surface area contributed by atoms with Crippen molar-refractivity contribution in [1.29, 1.82) is 0 Å². The van der Waals surface area contributed by atoms with Gasteiger partial charge in [-0.05, 0) is 76.9 Å². The lowest BCUT2D eigenvalue weighted by Crippen LogP contribution is -2.66. The van der Waals surface area contributed by atoms with E-state index in [-0.39, 0.29) is 37.1 Å². The van der Waals surface area contributed by atoms with E-state index in [1.165, 1.54) is 18.2 Å². The summed E-state index contributed by atoms with van der Waals surface area (Å²) in [5, 5.41) is 11.1. The zero-order valence-electron chi connectivity index (χ0n) is 25.6. The van der Waals surface area contributed by atoms with Crippen LogP contribution in [-0.4, -0.2) is 78.1 Å². The average molecular weight is 607 g/mol. The number of alkyl halides is 1. The number of rotatable bonds is 12. The first-order valence-corrected chi connectivity index (χ1v) is 15.0. The molecule has 238 valence electrons. The van der Waals surface area contributed by atoms with E-state index in [1.807, 2.05) is 6.92 Å². The molecule has 2 saturated carbocycles. The second kappa shape index (κ2) is 12.3. The number of esters is 2. The zero-order chi connectivity index (χ0) is 31.8. The number of Topliss-reactive ketones (excluding diaryl/α,β-unsaturated/α-hetero) is 1. The van der Waals surface area contributed by atoms with Gasteiger partial charge in [-0.15, -0.1) is 0 Å². The molecule has 1 saturated heterocycles. The van der Waals surface area contributed by atoms with Gasteiger partial charge in [0.15, 0.2) is 29.8 Å². The van der Waals surface area contributed by atoms with E-state index in [0.717, 1.165) is 0 Å². The first-order valence-electron chi connectivity index (χ1n) is 15.0. The Kier molecular flexibility index (Phi) is 9.52. The minimum Gasteiger partial charge on any atom is -0.457 e. The van der Waals surface area contributed by atoms with E-state index in [2.05, 4.69) is 12.3 Å². The third-order valence-electron chi connectivity index (χ3n) is 9.82. The van der Waals surface area contributed by atoms with Crippen LogP contribution < -0.4 is 5.73 Å². The predicted molar refractivity (Wildman–Crippen MR) is 152 cm³/mol. The molecule has 0 amide bonds. The molecular weight excluding hydrogens is 561 g/mol. The van der Waals surface area contributed by atoms with Gasteiger partial charge < -0.3 is 29.8 Å². The van der Waals surface area contributed by atoms with Crippen LogP contribution >= 0.6 is 0 Å². The van der Waals surface area contributed by atoms with Gasteiger partial charge >= 0.3 is 11.9 Å². The fourth-order valence-electron chi connectivity index (χ4n) is 7.79. The molecule has 1 heterocycles. The lowest BCUT2D eigenvalue weighted by atomic mass is 9.57. The number of fused-ring (bicyclic) bond motifs is 3. The van der Waals surface area contributed by atoms with Crippen molar-refractivity contribution in [1.82, 2.24) is 0 Å². The van der Waals surface area contributed by atoms with Crippen LogP contribution in [0.1, 0.15) is 66.2 Å². The SMILES string of the molecule is C=CCOC(=O)C([NH3+])CC(=O)OCC(=O)C12OC(C)(C)OC1CC1C(CCC3=CC(=O)C=CC3(C)CF)CC(O)CC12C. The summed E-state index contributed by atoms with van der Waals surface area (Å²) in [5.41, 5.74) is 1.16. The van der Waals surface area contributed by atoms with Crippen molar-refractivity contribution in [3.8, 4) is 0 Å². The Hall–Kier alpha value is -2.73. The topological polar surface area (TPSA) is 153 Å². The van der Waals surface area contributed by atoms with Crippen molar-refractivity contribution in [3.05, 3.63) is 36.5 Å². The van der Waals surface area contributed by atoms with E-state index >= 15 is 0 Å². The molecule has 0 aromatic carbocycles. The molecule has 8 atom stereocenters. The smallest absolute Gasteiger partial charge is 0.365 e. The van der Waals surface area contributed by atoms with Crippen molar-refractivity contribution in [2.45, 2.75) is 95.9 Å². The van der Waals surface area contributed by atoms with Crippen molar-refractivity contribution < 1.29 is 53.4 Å². The molecule has 4 N–H and O–H groups in total. The number of carbonyl (C=O) groups is 4. The van der Waals surface area contributed by atoms with Crippen LogP contribution in [0.2, 0.25) is 0 Å². The summed E-state index contributed by atoms with van der Waals surface area (Å²) in [6.07, 6.45) is 6.51. The van der Waals surface area contributed by atoms with Gasteiger partial charge in [-0.2, -0.15) is 0 Å². The molecule has 10 nitrogen and oxygen atoms in total. The molecule has 11 heteroatoms. The molecule has 3 aliphatic carbocycles. The lowest BCUT2D eigenvalue weighted by molar-refractivity contribution is -0.407. The van der Waals surface area contributed by atoms with Crippen LogP contribution in [0.3, 0.4) is 0 Å². The van der Waals surface area contributed by atoms with Crippen LogP contribution in [0.25, 0.3) is 0 Å². The minimum atomic E-state index is -1.48. The molecule has 0 radical (unpaired) electrons. The number of ketones is 2. The molecule has 8 unspecified atom stereocenters. The quantitative estimate of drug-likeness (QED) is 0.252. The Bertz CT molecular complexity index is 1210. The molecule has 43 heavy (non-hydrogen) atoms. The van der Waals surface area contributed by atoms with E-state index in [4.69, 9.17) is 18.9 Å². The number of quaternary nitrogens is 1. The monoisotopic (exact) mass is 606 g/mol. The van der Waals surface area contributed by atoms with Gasteiger partial charge in [0.1, 0.15) is 19.7 Å². The molecular formula is C32H45FNO9+. The highest BCUT2D eigenvalue weighted by molar-refractivity contribution is 6.01. The van der Waals surface area contributed by atoms with Crippen LogP contribution in [0.15, 0.2) is 36.5 Å². The van der Waals surface area contributed by atoms with Crippen LogP contribution in [0.4, 0.5) is 4.39 Å². The minimum absolute atomic E-state index is 0.00997. The predicted octanol–water partition coefficient (Wildman–Crippen LogP) is 2.34. The highest BCUT2D eigenvalue weighted by Gasteiger charge is 2.75. The summed E-state index contributed by atoms with van der Waals surface area (Å²) in [7, 11) is 0. The van der Waals surface area contributed by atoms with Gasteiger partial charge in [-0.3, -0.25) is 14.4 Å². The number of allylic oxidation sites excluding steroid dienone is 4. The van der Waals surface area contributed by atoms with E-state index in [0.29, 0.717) is 31.3 Å². The average Bonchev–Trinajstić information content (AvgIpc) is 3.35. The number of carbonyl (C=O) groups excluding carboxylic acids is 4. The third kappa shape index (κ3) is 6.27. The maximum atomic E-state index is 14.1. The maximum Gasteiger partial charge on any atom is 0.365 e. The maximum absolute atomic E-state index is 14.1. The van der Waals surface area contributed by atoms with Gasteiger partial charge in [0.2, 0.25) is 5.78 Å². The Labute approximate surface area is 251 Å². The number of halogens is 1. The molecule has 3 fully saturated rings. The number of hydrogen-bond acceptors (Lipinski definition) is 9. The van der Waals surface area contributed by atoms with Crippen LogP contribution in [0.5, 0.6) is 0 Å². The van der Waals surface area contributed by atoms with E-state index in [9.17, 15) is 28.7 Å². The highest BCUT2D eigenvalue weighted by atomic mass is 19.1. The highest BCUT2D eigenvalue weighted by Crippen LogP contribution is 2.66. The lowest BCUT2D eigenvalue weighted by Gasteiger charge is -2.51. The van der Waals surface area contributed by atoms with Crippen molar-refractivity contribution in [2.24, 2.45) is 22.7 Å². The summed E-state index contributed by atoms with van der Waals surface area (Å²) in [6, 6.07) is -1.01. The first kappa shape index (κ1) is 33.2. The second-order valence-corrected chi connectivity index (χ2v) is 13.4. The van der Waals surface area contributed by atoms with E-state index < -0.39 is 71.5 Å². The molecule has 0 spiro atoms. The fourth-order valence-corrected chi connectivity index (χ4v) is 7.79. The molecule has 0 bridgehead atoms. The Morgan fingerprint density at radius 2 is 1.95 bits per heavy atom. The zero-order valence-corrected chi connectivity index (χ0v) is 25.6. The molecule has 4 aliphatic rings. The number of ether oxygens (including phenoxy) is 4. The Balaban J connectivity index is 1.52. The number of aliphatic hydroxyl groups is 1. The standard InChI is InChI=1S/C32H44FNO9/c1-6-11-40-28(39)24(34)15-27(38)41-17-25(37)32-26(42-29(2,3)43-32)14-23-19(12-22(36)16-31(23,32)5)7-8-20-13-21(35)9-10-30(20,4)18-33/h6,9-10,13,19,22-24,26,36H,1,7-8,11-12,14-18,34H2,2-5H3/p+1. The van der Waals surface area contributed by atoms with Gasteiger partial charge in [0, 0.05) is 10.8 Å². The number of hydrogen-bond donors (Lipinski definition) is 2. The van der Waals surface area contributed by atoms with Crippen molar-refractivity contribution in [2.75, 3.05) is 19.9 Å². The summed E-state index contributed by atoms with van der Waals surface area (Å²) < 4.78 is 37.0. The van der Waals surface area contributed by atoms with Gasteiger partial charge in [0.05, 0.1) is 12.2 Å². The Morgan fingerprint density at radius 3 is 2.63 bits per heavy atom. The molecule has 4 rings (SSSR count). The van der Waals surface area contributed by atoms with Crippen molar-refractivity contribution in [3.63, 3.8) is 0 Å². The normalized spacial score (nSPS) is 36.7. The Morgan fingerprint density at radius 1 is 1.23 bits per heavy atom.